The lowest BCUT2D eigenvalue weighted by Crippen LogP contribution is -2.07. The van der Waals surface area contributed by atoms with Crippen LogP contribution in [0.2, 0.25) is 0 Å². The van der Waals surface area contributed by atoms with Gasteiger partial charge in [0.25, 0.3) is 0 Å². The Morgan fingerprint density at radius 2 is 1.92 bits per heavy atom. The first kappa shape index (κ1) is 17.8. The molecule has 0 atom stereocenters. The third kappa shape index (κ3) is 5.00. The minimum Gasteiger partial charge on any atom is -0.497 e. The van der Waals surface area contributed by atoms with Gasteiger partial charge in [0, 0.05) is 23.6 Å². The van der Waals surface area contributed by atoms with Crippen molar-refractivity contribution in [1.82, 2.24) is 4.98 Å². The van der Waals surface area contributed by atoms with Gasteiger partial charge in [-0.2, -0.15) is 0 Å². The molecule has 0 saturated heterocycles. The van der Waals surface area contributed by atoms with Gasteiger partial charge in [0.1, 0.15) is 11.6 Å². The van der Waals surface area contributed by atoms with Crippen LogP contribution in [0.4, 0.5) is 9.52 Å². The van der Waals surface area contributed by atoms with Crippen molar-refractivity contribution in [1.29, 1.82) is 0 Å². The van der Waals surface area contributed by atoms with E-state index in [1.165, 1.54) is 29.5 Å². The summed E-state index contributed by atoms with van der Waals surface area (Å²) in [5.41, 5.74) is 1.89. The van der Waals surface area contributed by atoms with E-state index in [4.69, 9.17) is 4.74 Å². The Morgan fingerprint density at radius 3 is 2.62 bits per heavy atom. The van der Waals surface area contributed by atoms with Crippen molar-refractivity contribution in [2.75, 3.05) is 12.4 Å². The average molecular weight is 368 g/mol. The molecule has 0 aliphatic rings. The minimum absolute atomic E-state index is 0.247. The Kier molecular flexibility index (Phi) is 5.76. The van der Waals surface area contributed by atoms with Crippen LogP contribution in [0.15, 0.2) is 60.8 Å². The Labute approximate surface area is 155 Å². The number of amides is 1. The quantitative estimate of drug-likeness (QED) is 0.650. The highest BCUT2D eigenvalue weighted by atomic mass is 32.1. The molecule has 0 aliphatic heterocycles. The van der Waals surface area contributed by atoms with E-state index in [1.54, 1.807) is 31.5 Å². The second kappa shape index (κ2) is 8.40. The number of thiazole rings is 1. The standard InChI is InChI=1S/C20H17FN2O2S/c1-25-17-9-4-14(5-10-17)6-11-19(24)23-20-22-13-18(26-20)12-15-2-7-16(21)8-3-15/h2-11,13H,12H2,1H3,(H,22,23,24)/b11-6+. The van der Waals surface area contributed by atoms with E-state index in [-0.39, 0.29) is 11.7 Å². The smallest absolute Gasteiger partial charge is 0.250 e. The third-order valence-corrected chi connectivity index (χ3v) is 4.53. The molecule has 1 amide bonds. The van der Waals surface area contributed by atoms with Gasteiger partial charge < -0.3 is 4.74 Å². The topological polar surface area (TPSA) is 51.2 Å². The highest BCUT2D eigenvalue weighted by Crippen LogP contribution is 2.21. The zero-order valence-electron chi connectivity index (χ0n) is 14.1. The van der Waals surface area contributed by atoms with Crippen molar-refractivity contribution in [2.45, 2.75) is 6.42 Å². The van der Waals surface area contributed by atoms with E-state index in [0.29, 0.717) is 11.6 Å². The van der Waals surface area contributed by atoms with Gasteiger partial charge in [-0.05, 0) is 41.5 Å². The molecule has 3 rings (SSSR count). The summed E-state index contributed by atoms with van der Waals surface area (Å²) >= 11 is 1.40. The molecule has 6 heteroatoms. The lowest BCUT2D eigenvalue weighted by Gasteiger charge is -1.99. The number of halogens is 1. The Bertz CT molecular complexity index is 902. The first-order chi connectivity index (χ1) is 12.6. The zero-order valence-corrected chi connectivity index (χ0v) is 14.9. The van der Waals surface area contributed by atoms with Crippen LogP contribution in [-0.4, -0.2) is 18.0 Å². The molecule has 0 fully saturated rings. The minimum atomic E-state index is -0.255. The monoisotopic (exact) mass is 368 g/mol. The van der Waals surface area contributed by atoms with Gasteiger partial charge in [-0.15, -0.1) is 11.3 Å². The number of anilines is 1. The first-order valence-electron chi connectivity index (χ1n) is 7.94. The van der Waals surface area contributed by atoms with E-state index in [0.717, 1.165) is 21.8 Å². The van der Waals surface area contributed by atoms with Crippen LogP contribution in [0.3, 0.4) is 0 Å². The van der Waals surface area contributed by atoms with Crippen LogP contribution >= 0.6 is 11.3 Å². The van der Waals surface area contributed by atoms with Gasteiger partial charge in [0.05, 0.1) is 7.11 Å². The predicted molar refractivity (Wildman–Crippen MR) is 102 cm³/mol. The van der Waals surface area contributed by atoms with Gasteiger partial charge in [-0.1, -0.05) is 24.3 Å². The van der Waals surface area contributed by atoms with Crippen molar-refractivity contribution < 1.29 is 13.9 Å². The number of nitrogens with zero attached hydrogens (tertiary/aromatic N) is 1. The molecular formula is C20H17FN2O2S. The van der Waals surface area contributed by atoms with E-state index in [2.05, 4.69) is 10.3 Å². The molecule has 0 aliphatic carbocycles. The molecule has 26 heavy (non-hydrogen) atoms. The molecule has 0 saturated carbocycles. The number of carbonyl (C=O) groups excluding carboxylic acids is 1. The number of ether oxygens (including phenoxy) is 1. The van der Waals surface area contributed by atoms with E-state index >= 15 is 0 Å². The fourth-order valence-electron chi connectivity index (χ4n) is 2.28. The third-order valence-electron chi connectivity index (χ3n) is 3.62. The zero-order chi connectivity index (χ0) is 18.4. The molecule has 0 spiro atoms. The number of nitrogens with one attached hydrogen (secondary N) is 1. The number of hydrogen-bond acceptors (Lipinski definition) is 4. The molecular weight excluding hydrogens is 351 g/mol. The van der Waals surface area contributed by atoms with E-state index in [1.807, 2.05) is 24.3 Å². The summed E-state index contributed by atoms with van der Waals surface area (Å²) in [5.74, 6) is 0.265. The molecule has 1 aromatic heterocycles. The van der Waals surface area contributed by atoms with Crippen LogP contribution in [0.5, 0.6) is 5.75 Å². The lowest BCUT2D eigenvalue weighted by atomic mass is 10.1. The normalized spacial score (nSPS) is 10.8. The summed E-state index contributed by atoms with van der Waals surface area (Å²) in [6, 6.07) is 13.8. The molecule has 1 heterocycles. The average Bonchev–Trinajstić information content (AvgIpc) is 3.09. The Hall–Kier alpha value is -2.99. The number of hydrogen-bond donors (Lipinski definition) is 1. The van der Waals surface area contributed by atoms with Gasteiger partial charge in [-0.25, -0.2) is 9.37 Å². The van der Waals surface area contributed by atoms with Crippen LogP contribution in [0.1, 0.15) is 16.0 Å². The predicted octanol–water partition coefficient (Wildman–Crippen LogP) is 4.53. The molecule has 1 N–H and O–H groups in total. The first-order valence-corrected chi connectivity index (χ1v) is 8.76. The summed E-state index contributed by atoms with van der Waals surface area (Å²) in [6.45, 7) is 0. The van der Waals surface area contributed by atoms with Crippen molar-refractivity contribution >= 4 is 28.5 Å². The van der Waals surface area contributed by atoms with Crippen molar-refractivity contribution in [3.8, 4) is 5.75 Å². The van der Waals surface area contributed by atoms with Crippen LogP contribution < -0.4 is 10.1 Å². The van der Waals surface area contributed by atoms with Crippen molar-refractivity contribution in [3.05, 3.63) is 82.6 Å². The summed E-state index contributed by atoms with van der Waals surface area (Å²) in [7, 11) is 1.61. The van der Waals surface area contributed by atoms with Gasteiger partial charge in [0.15, 0.2) is 5.13 Å². The number of carbonyl (C=O) groups is 1. The van der Waals surface area contributed by atoms with Crippen LogP contribution in [-0.2, 0) is 11.2 Å². The molecule has 3 aromatic rings. The maximum Gasteiger partial charge on any atom is 0.250 e. The Balaban J connectivity index is 1.56. The molecule has 4 nitrogen and oxygen atoms in total. The lowest BCUT2D eigenvalue weighted by molar-refractivity contribution is -0.111. The number of benzene rings is 2. The van der Waals surface area contributed by atoms with Gasteiger partial charge >= 0.3 is 0 Å². The van der Waals surface area contributed by atoms with Crippen LogP contribution in [0, 0.1) is 5.82 Å². The molecule has 0 radical (unpaired) electrons. The second-order valence-corrected chi connectivity index (χ2v) is 6.65. The summed E-state index contributed by atoms with van der Waals surface area (Å²) in [6.07, 6.45) is 5.55. The highest BCUT2D eigenvalue weighted by Gasteiger charge is 2.06. The summed E-state index contributed by atoms with van der Waals surface area (Å²) < 4.78 is 18.0. The largest absolute Gasteiger partial charge is 0.497 e. The van der Waals surface area contributed by atoms with Crippen molar-refractivity contribution in [3.63, 3.8) is 0 Å². The molecule has 0 bridgehead atoms. The second-order valence-electron chi connectivity index (χ2n) is 5.53. The molecule has 132 valence electrons. The van der Waals surface area contributed by atoms with Crippen LogP contribution in [0.25, 0.3) is 6.08 Å². The maximum atomic E-state index is 12.9. The van der Waals surface area contributed by atoms with E-state index < -0.39 is 0 Å². The molecule has 0 unspecified atom stereocenters. The van der Waals surface area contributed by atoms with Gasteiger partial charge in [-0.3, -0.25) is 10.1 Å². The van der Waals surface area contributed by atoms with Crippen molar-refractivity contribution in [2.24, 2.45) is 0 Å². The fraction of sp³-hybridized carbons (Fsp3) is 0.100. The fourth-order valence-corrected chi connectivity index (χ4v) is 3.13. The highest BCUT2D eigenvalue weighted by molar-refractivity contribution is 7.15. The maximum absolute atomic E-state index is 12.9. The number of methoxy groups -OCH3 is 1. The summed E-state index contributed by atoms with van der Waals surface area (Å²) in [5, 5.41) is 3.28. The number of aromatic nitrogens is 1. The van der Waals surface area contributed by atoms with Gasteiger partial charge in [0.2, 0.25) is 5.91 Å². The SMILES string of the molecule is COc1ccc(/C=C/C(=O)Nc2ncc(Cc3ccc(F)cc3)s2)cc1. The number of rotatable bonds is 6. The summed E-state index contributed by atoms with van der Waals surface area (Å²) in [4.78, 5) is 17.2. The molecule has 2 aromatic carbocycles. The van der Waals surface area contributed by atoms with E-state index in [9.17, 15) is 9.18 Å². The Morgan fingerprint density at radius 1 is 1.19 bits per heavy atom.